The number of nitro groups is 1. The van der Waals surface area contributed by atoms with E-state index in [2.05, 4.69) is 15.9 Å². The lowest BCUT2D eigenvalue weighted by atomic mass is 10.1. The lowest BCUT2D eigenvalue weighted by molar-refractivity contribution is -0.385. The van der Waals surface area contributed by atoms with E-state index in [4.69, 9.17) is 0 Å². The van der Waals surface area contributed by atoms with E-state index >= 15 is 0 Å². The summed E-state index contributed by atoms with van der Waals surface area (Å²) >= 11 is 3.01. The molecule has 1 amide bonds. The second-order valence-electron chi connectivity index (χ2n) is 3.75. The summed E-state index contributed by atoms with van der Waals surface area (Å²) in [6.07, 6.45) is -2.75. The van der Waals surface area contributed by atoms with Crippen molar-refractivity contribution in [2.75, 3.05) is 18.4 Å². The minimum absolute atomic E-state index is 0.0282. The Balaban J connectivity index is 3.02. The van der Waals surface area contributed by atoms with E-state index in [9.17, 15) is 28.1 Å². The first-order valence-electron chi connectivity index (χ1n) is 5.44. The van der Waals surface area contributed by atoms with Gasteiger partial charge in [-0.1, -0.05) is 15.9 Å². The van der Waals surface area contributed by atoms with Crippen molar-refractivity contribution in [1.82, 2.24) is 4.90 Å². The van der Waals surface area contributed by atoms with Crippen LogP contribution in [0.3, 0.4) is 0 Å². The number of benzene rings is 1. The number of carbonyl (C=O) groups is 1. The largest absolute Gasteiger partial charge is 0.332 e. The highest BCUT2D eigenvalue weighted by atomic mass is 79.9. The predicted molar refractivity (Wildman–Crippen MR) is 68.8 cm³/mol. The highest BCUT2D eigenvalue weighted by molar-refractivity contribution is 9.09. The number of non-ortho nitro benzene ring substituents is 1. The second-order valence-corrected chi connectivity index (χ2v) is 4.55. The van der Waals surface area contributed by atoms with Crippen LogP contribution < -0.4 is 0 Å². The molecule has 0 heterocycles. The van der Waals surface area contributed by atoms with Crippen LogP contribution in [0.5, 0.6) is 0 Å². The SMILES string of the molecule is O=C(c1ccc([N+](=O)[O-])cc1F)N(CCBr)CC(F)F. The molecule has 0 spiro atoms. The van der Waals surface area contributed by atoms with Crippen LogP contribution in [-0.2, 0) is 0 Å². The minimum atomic E-state index is -2.75. The standard InChI is InChI=1S/C11H10BrF3N2O3/c12-3-4-16(6-10(14)15)11(18)8-2-1-7(17(19)20)5-9(8)13/h1-2,5,10H,3-4,6H2. The molecule has 0 fully saturated rings. The zero-order valence-corrected chi connectivity index (χ0v) is 11.6. The van der Waals surface area contributed by atoms with Crippen molar-refractivity contribution in [3.05, 3.63) is 39.7 Å². The van der Waals surface area contributed by atoms with Crippen LogP contribution in [0.2, 0.25) is 0 Å². The second kappa shape index (κ2) is 7.22. The van der Waals surface area contributed by atoms with Gasteiger partial charge in [0.15, 0.2) is 0 Å². The summed E-state index contributed by atoms with van der Waals surface area (Å²) in [4.78, 5) is 22.4. The molecule has 20 heavy (non-hydrogen) atoms. The van der Waals surface area contributed by atoms with E-state index in [1.165, 1.54) is 0 Å². The molecule has 1 rings (SSSR count). The van der Waals surface area contributed by atoms with E-state index in [1.807, 2.05) is 0 Å². The lowest BCUT2D eigenvalue weighted by Crippen LogP contribution is -2.37. The maximum Gasteiger partial charge on any atom is 0.272 e. The number of hydrogen-bond acceptors (Lipinski definition) is 3. The van der Waals surface area contributed by atoms with E-state index in [0.29, 0.717) is 6.07 Å². The van der Waals surface area contributed by atoms with Crippen LogP contribution in [0.15, 0.2) is 18.2 Å². The van der Waals surface area contributed by atoms with Crippen molar-refractivity contribution in [2.24, 2.45) is 0 Å². The van der Waals surface area contributed by atoms with Crippen LogP contribution >= 0.6 is 15.9 Å². The molecule has 0 aromatic heterocycles. The van der Waals surface area contributed by atoms with E-state index in [0.717, 1.165) is 17.0 Å². The van der Waals surface area contributed by atoms with E-state index < -0.39 is 40.9 Å². The number of carbonyl (C=O) groups excluding carboxylic acids is 1. The maximum atomic E-state index is 13.6. The number of hydrogen-bond donors (Lipinski definition) is 0. The molecule has 110 valence electrons. The van der Waals surface area contributed by atoms with Gasteiger partial charge in [-0.25, -0.2) is 13.2 Å². The topological polar surface area (TPSA) is 63.4 Å². The molecule has 0 aliphatic heterocycles. The van der Waals surface area contributed by atoms with Gasteiger partial charge in [0.25, 0.3) is 18.0 Å². The first-order valence-corrected chi connectivity index (χ1v) is 6.56. The molecular weight excluding hydrogens is 345 g/mol. The Hall–Kier alpha value is -1.64. The zero-order valence-electron chi connectivity index (χ0n) is 10.1. The van der Waals surface area contributed by atoms with Crippen LogP contribution in [0, 0.1) is 15.9 Å². The fraction of sp³-hybridized carbons (Fsp3) is 0.364. The van der Waals surface area contributed by atoms with Crippen LogP contribution in [0.25, 0.3) is 0 Å². The number of rotatable bonds is 6. The molecule has 0 atom stereocenters. The fourth-order valence-electron chi connectivity index (χ4n) is 1.51. The summed E-state index contributed by atoms with van der Waals surface area (Å²) in [6, 6.07) is 2.45. The summed E-state index contributed by atoms with van der Waals surface area (Å²) in [5, 5.41) is 10.7. The summed E-state index contributed by atoms with van der Waals surface area (Å²) in [7, 11) is 0. The third-order valence-electron chi connectivity index (χ3n) is 2.39. The van der Waals surface area contributed by atoms with Crippen molar-refractivity contribution in [3.63, 3.8) is 0 Å². The predicted octanol–water partition coefficient (Wildman–Crippen LogP) is 2.84. The molecule has 0 radical (unpaired) electrons. The van der Waals surface area contributed by atoms with Gasteiger partial charge in [0.05, 0.1) is 23.1 Å². The molecule has 0 aliphatic carbocycles. The van der Waals surface area contributed by atoms with Gasteiger partial charge in [0.1, 0.15) is 5.82 Å². The van der Waals surface area contributed by atoms with Crippen LogP contribution in [0.1, 0.15) is 10.4 Å². The van der Waals surface area contributed by atoms with Crippen LogP contribution in [0.4, 0.5) is 18.9 Å². The third kappa shape index (κ3) is 4.19. The van der Waals surface area contributed by atoms with Crippen molar-refractivity contribution < 1.29 is 22.9 Å². The maximum absolute atomic E-state index is 13.6. The van der Waals surface area contributed by atoms with Gasteiger partial charge in [-0.3, -0.25) is 14.9 Å². The van der Waals surface area contributed by atoms with Gasteiger partial charge in [0.2, 0.25) is 0 Å². The molecule has 0 saturated carbocycles. The van der Waals surface area contributed by atoms with Crippen LogP contribution in [-0.4, -0.2) is 40.6 Å². The summed E-state index contributed by atoms with van der Waals surface area (Å²) < 4.78 is 38.4. The third-order valence-corrected chi connectivity index (χ3v) is 2.75. The first kappa shape index (κ1) is 16.4. The Morgan fingerprint density at radius 3 is 2.55 bits per heavy atom. The van der Waals surface area contributed by atoms with Gasteiger partial charge in [0, 0.05) is 17.9 Å². The molecule has 0 bridgehead atoms. The first-order chi connectivity index (χ1) is 9.36. The van der Waals surface area contributed by atoms with E-state index in [-0.39, 0.29) is 11.9 Å². The number of nitro benzene ring substituents is 1. The van der Waals surface area contributed by atoms with Gasteiger partial charge in [-0.05, 0) is 6.07 Å². The molecular formula is C11H10BrF3N2O3. The zero-order chi connectivity index (χ0) is 15.3. The smallest absolute Gasteiger partial charge is 0.272 e. The van der Waals surface area contributed by atoms with Gasteiger partial charge < -0.3 is 4.90 Å². The molecule has 9 heteroatoms. The highest BCUT2D eigenvalue weighted by Gasteiger charge is 2.23. The number of amides is 1. The lowest BCUT2D eigenvalue weighted by Gasteiger charge is -2.21. The Labute approximate surface area is 120 Å². The Morgan fingerprint density at radius 2 is 2.10 bits per heavy atom. The van der Waals surface area contributed by atoms with Gasteiger partial charge in [-0.15, -0.1) is 0 Å². The van der Waals surface area contributed by atoms with Crippen molar-refractivity contribution in [1.29, 1.82) is 0 Å². The minimum Gasteiger partial charge on any atom is -0.332 e. The summed E-state index contributed by atoms with van der Waals surface area (Å²) in [6.45, 7) is -0.861. The van der Waals surface area contributed by atoms with Gasteiger partial charge >= 0.3 is 0 Å². The van der Waals surface area contributed by atoms with Crippen molar-refractivity contribution >= 4 is 27.5 Å². The molecule has 0 aliphatic rings. The number of halogens is 4. The fourth-order valence-corrected chi connectivity index (χ4v) is 1.93. The molecule has 0 unspecified atom stereocenters. The highest BCUT2D eigenvalue weighted by Crippen LogP contribution is 2.18. The normalized spacial score (nSPS) is 10.7. The molecule has 5 nitrogen and oxygen atoms in total. The Bertz CT molecular complexity index is 514. The van der Waals surface area contributed by atoms with Gasteiger partial charge in [-0.2, -0.15) is 0 Å². The Kier molecular flexibility index (Phi) is 5.93. The molecule has 0 N–H and O–H groups in total. The molecule has 0 saturated heterocycles. The van der Waals surface area contributed by atoms with Crippen molar-refractivity contribution in [2.45, 2.75) is 6.43 Å². The number of nitrogens with zero attached hydrogens (tertiary/aromatic N) is 2. The van der Waals surface area contributed by atoms with E-state index in [1.54, 1.807) is 0 Å². The quantitative estimate of drug-likeness (QED) is 0.448. The van der Waals surface area contributed by atoms with Crippen molar-refractivity contribution in [3.8, 4) is 0 Å². The average Bonchev–Trinajstić information content (AvgIpc) is 2.36. The average molecular weight is 355 g/mol. The Morgan fingerprint density at radius 1 is 1.45 bits per heavy atom. The number of alkyl halides is 3. The molecule has 1 aromatic carbocycles. The molecule has 1 aromatic rings. The monoisotopic (exact) mass is 354 g/mol. The summed E-state index contributed by atoms with van der Waals surface area (Å²) in [5.41, 5.74) is -0.989. The summed E-state index contributed by atoms with van der Waals surface area (Å²) in [5.74, 6) is -2.05.